The van der Waals surface area contributed by atoms with E-state index in [0.29, 0.717) is 23.7 Å². The number of amides is 1. The first-order chi connectivity index (χ1) is 10.5. The van der Waals surface area contributed by atoms with Crippen molar-refractivity contribution in [1.29, 1.82) is 0 Å². The minimum Gasteiger partial charge on any atom is -0.399 e. The summed E-state index contributed by atoms with van der Waals surface area (Å²) in [5, 5.41) is 3.00. The van der Waals surface area contributed by atoms with Gasteiger partial charge in [-0.3, -0.25) is 9.69 Å². The molecule has 1 unspecified atom stereocenters. The molecule has 1 atom stereocenters. The highest BCUT2D eigenvalue weighted by atomic mass is 16.1. The van der Waals surface area contributed by atoms with Crippen LogP contribution in [0.5, 0.6) is 0 Å². The Hall–Kier alpha value is -2.07. The number of hydrogen-bond acceptors (Lipinski definition) is 3. The first-order valence-electron chi connectivity index (χ1n) is 7.59. The molecule has 0 saturated carbocycles. The van der Waals surface area contributed by atoms with Crippen LogP contribution in [0.2, 0.25) is 0 Å². The molecule has 3 N–H and O–H groups in total. The van der Waals surface area contributed by atoms with Crippen LogP contribution in [0, 0.1) is 5.92 Å². The van der Waals surface area contributed by atoms with E-state index < -0.39 is 0 Å². The summed E-state index contributed by atoms with van der Waals surface area (Å²) in [6.07, 6.45) is 3.75. The smallest absolute Gasteiger partial charge is 0.251 e. The Morgan fingerprint density at radius 2 is 1.95 bits per heavy atom. The lowest BCUT2D eigenvalue weighted by Crippen LogP contribution is -2.47. The van der Waals surface area contributed by atoms with Crippen LogP contribution in [0.15, 0.2) is 49.6 Å². The van der Waals surface area contributed by atoms with Gasteiger partial charge in [-0.05, 0) is 24.1 Å². The first-order valence-corrected chi connectivity index (χ1v) is 7.59. The van der Waals surface area contributed by atoms with E-state index in [9.17, 15) is 4.79 Å². The molecule has 0 spiro atoms. The van der Waals surface area contributed by atoms with Gasteiger partial charge in [0, 0.05) is 36.9 Å². The number of nitrogens with one attached hydrogen (secondary N) is 1. The van der Waals surface area contributed by atoms with E-state index >= 15 is 0 Å². The third-order valence-corrected chi connectivity index (χ3v) is 3.59. The van der Waals surface area contributed by atoms with Gasteiger partial charge in [0.05, 0.1) is 0 Å². The van der Waals surface area contributed by atoms with Gasteiger partial charge in [-0.2, -0.15) is 0 Å². The Bertz CT molecular complexity index is 501. The minimum atomic E-state index is -0.102. The Kier molecular flexibility index (Phi) is 7.40. The zero-order chi connectivity index (χ0) is 16.5. The summed E-state index contributed by atoms with van der Waals surface area (Å²) in [5.74, 6) is 0.302. The van der Waals surface area contributed by atoms with E-state index in [4.69, 9.17) is 5.73 Å². The summed E-state index contributed by atoms with van der Waals surface area (Å²) in [4.78, 5) is 14.5. The molecule has 0 aliphatic heterocycles. The van der Waals surface area contributed by atoms with Crippen LogP contribution in [-0.4, -0.2) is 36.5 Å². The van der Waals surface area contributed by atoms with E-state index in [1.807, 2.05) is 12.2 Å². The van der Waals surface area contributed by atoms with Gasteiger partial charge in [0.25, 0.3) is 5.91 Å². The number of nitrogen functional groups attached to an aromatic ring is 1. The van der Waals surface area contributed by atoms with Gasteiger partial charge >= 0.3 is 0 Å². The van der Waals surface area contributed by atoms with Gasteiger partial charge in [0.2, 0.25) is 0 Å². The molecule has 1 rings (SSSR count). The lowest BCUT2D eigenvalue weighted by Gasteiger charge is -2.33. The van der Waals surface area contributed by atoms with Crippen molar-refractivity contribution in [1.82, 2.24) is 10.2 Å². The van der Waals surface area contributed by atoms with Crippen LogP contribution in [0.4, 0.5) is 5.69 Å². The monoisotopic (exact) mass is 301 g/mol. The van der Waals surface area contributed by atoms with Gasteiger partial charge < -0.3 is 11.1 Å². The van der Waals surface area contributed by atoms with Crippen molar-refractivity contribution < 1.29 is 4.79 Å². The molecule has 0 aliphatic rings. The van der Waals surface area contributed by atoms with E-state index in [1.54, 1.807) is 24.3 Å². The number of carbonyl (C=O) groups is 1. The Labute approximate surface area is 133 Å². The standard InChI is InChI=1S/C18H27N3O/c1-5-10-21(11-6-2)17(14(3)4)13-20-18(22)15-8-7-9-16(19)12-15/h5-9,12,14,17H,1-2,10-11,13,19H2,3-4H3,(H,20,22). The quantitative estimate of drug-likeness (QED) is 0.544. The molecule has 1 aromatic carbocycles. The van der Waals surface area contributed by atoms with E-state index in [1.165, 1.54) is 0 Å². The number of anilines is 1. The number of nitrogens with zero attached hydrogens (tertiary/aromatic N) is 1. The van der Waals surface area contributed by atoms with E-state index in [0.717, 1.165) is 13.1 Å². The highest BCUT2D eigenvalue weighted by Crippen LogP contribution is 2.11. The van der Waals surface area contributed by atoms with Gasteiger partial charge in [-0.1, -0.05) is 32.1 Å². The molecular formula is C18H27N3O. The zero-order valence-electron chi connectivity index (χ0n) is 13.6. The van der Waals surface area contributed by atoms with Crippen molar-refractivity contribution in [2.24, 2.45) is 5.92 Å². The van der Waals surface area contributed by atoms with Crippen LogP contribution in [0.1, 0.15) is 24.2 Å². The largest absolute Gasteiger partial charge is 0.399 e. The van der Waals surface area contributed by atoms with Gasteiger partial charge in [-0.15, -0.1) is 13.2 Å². The van der Waals surface area contributed by atoms with Crippen LogP contribution < -0.4 is 11.1 Å². The summed E-state index contributed by atoms with van der Waals surface area (Å²) >= 11 is 0. The maximum Gasteiger partial charge on any atom is 0.251 e. The summed E-state index contributed by atoms with van der Waals surface area (Å²) in [6.45, 7) is 14.0. The van der Waals surface area contributed by atoms with Gasteiger partial charge in [0.1, 0.15) is 0 Å². The molecule has 0 aromatic heterocycles. The third kappa shape index (κ3) is 5.37. The highest BCUT2D eigenvalue weighted by molar-refractivity contribution is 5.94. The predicted octanol–water partition coefficient (Wildman–Crippen LogP) is 2.70. The average Bonchev–Trinajstić information content (AvgIpc) is 2.47. The maximum absolute atomic E-state index is 12.2. The molecule has 0 aliphatic carbocycles. The van der Waals surface area contributed by atoms with Crippen LogP contribution in [-0.2, 0) is 0 Å². The highest BCUT2D eigenvalue weighted by Gasteiger charge is 2.21. The third-order valence-electron chi connectivity index (χ3n) is 3.59. The molecule has 0 saturated heterocycles. The van der Waals surface area contributed by atoms with Gasteiger partial charge in [0.15, 0.2) is 0 Å². The number of hydrogen-bond donors (Lipinski definition) is 2. The maximum atomic E-state index is 12.2. The first kappa shape index (κ1) is 18.0. The topological polar surface area (TPSA) is 58.4 Å². The zero-order valence-corrected chi connectivity index (χ0v) is 13.6. The van der Waals surface area contributed by atoms with Gasteiger partial charge in [-0.25, -0.2) is 0 Å². The fourth-order valence-electron chi connectivity index (χ4n) is 2.44. The van der Waals surface area contributed by atoms with Crippen LogP contribution in [0.3, 0.4) is 0 Å². The number of carbonyl (C=O) groups excluding carboxylic acids is 1. The van der Waals surface area contributed by atoms with E-state index in [2.05, 4.69) is 37.2 Å². The molecular weight excluding hydrogens is 274 g/mol. The molecule has 120 valence electrons. The van der Waals surface area contributed by atoms with E-state index in [-0.39, 0.29) is 11.9 Å². The van der Waals surface area contributed by atoms with Crippen molar-refractivity contribution in [2.75, 3.05) is 25.4 Å². The molecule has 22 heavy (non-hydrogen) atoms. The van der Waals surface area contributed by atoms with Crippen molar-refractivity contribution in [3.05, 3.63) is 55.1 Å². The molecule has 0 fully saturated rings. The molecule has 0 heterocycles. The van der Waals surface area contributed by atoms with Crippen molar-refractivity contribution >= 4 is 11.6 Å². The van der Waals surface area contributed by atoms with Crippen molar-refractivity contribution in [3.63, 3.8) is 0 Å². The molecule has 4 nitrogen and oxygen atoms in total. The second kappa shape index (κ2) is 9.05. The SMILES string of the molecule is C=CCN(CC=C)C(CNC(=O)c1cccc(N)c1)C(C)C. The fraction of sp³-hybridized carbons (Fsp3) is 0.389. The molecule has 0 radical (unpaired) electrons. The lowest BCUT2D eigenvalue weighted by molar-refractivity contribution is 0.0927. The number of benzene rings is 1. The summed E-state index contributed by atoms with van der Waals surface area (Å²) in [5.41, 5.74) is 6.89. The van der Waals surface area contributed by atoms with Crippen LogP contribution >= 0.6 is 0 Å². The minimum absolute atomic E-state index is 0.102. The number of nitrogens with two attached hydrogens (primary N) is 1. The van der Waals surface area contributed by atoms with Crippen LogP contribution in [0.25, 0.3) is 0 Å². The number of rotatable bonds is 9. The second-order valence-corrected chi connectivity index (χ2v) is 5.68. The average molecular weight is 301 g/mol. The normalized spacial score (nSPS) is 12.2. The molecule has 0 bridgehead atoms. The lowest BCUT2D eigenvalue weighted by atomic mass is 10.0. The Balaban J connectivity index is 2.72. The molecule has 4 heteroatoms. The summed E-state index contributed by atoms with van der Waals surface area (Å²) in [7, 11) is 0. The van der Waals surface area contributed by atoms with Crippen molar-refractivity contribution in [3.8, 4) is 0 Å². The summed E-state index contributed by atoms with van der Waals surface area (Å²) < 4.78 is 0. The Morgan fingerprint density at radius 3 is 2.45 bits per heavy atom. The summed E-state index contributed by atoms with van der Waals surface area (Å²) in [6, 6.07) is 7.22. The molecule has 1 amide bonds. The van der Waals surface area contributed by atoms with Crippen molar-refractivity contribution in [2.45, 2.75) is 19.9 Å². The second-order valence-electron chi connectivity index (χ2n) is 5.68. The fourth-order valence-corrected chi connectivity index (χ4v) is 2.44. The molecule has 1 aromatic rings. The predicted molar refractivity (Wildman–Crippen MR) is 93.8 cm³/mol. The Morgan fingerprint density at radius 1 is 1.32 bits per heavy atom.